The molecule has 8 heteroatoms. The zero-order valence-corrected chi connectivity index (χ0v) is 15.8. The Bertz CT molecular complexity index is 667. The third kappa shape index (κ3) is 3.89. The lowest BCUT2D eigenvalue weighted by atomic mass is 9.74. The lowest BCUT2D eigenvalue weighted by Crippen LogP contribution is -2.28. The monoisotopic (exact) mass is 375 g/mol. The standard InChI is InChI=1S/C15H18ClNO4S2/c1-15(2)5-8-11(9(6-15)17-21-10(18)7-16)14(22-4)23-12(8)13(19)20-3/h5-7H2,1-4H3/b17-9-. The van der Waals surface area contributed by atoms with Gasteiger partial charge in [0.2, 0.25) is 0 Å². The molecule has 5 nitrogen and oxygen atoms in total. The average molecular weight is 376 g/mol. The number of carbonyl (C=O) groups is 2. The number of nitrogens with zero attached hydrogens (tertiary/aromatic N) is 1. The van der Waals surface area contributed by atoms with Crippen LogP contribution in [0.1, 0.15) is 41.1 Å². The number of rotatable bonds is 4. The Kier molecular flexibility index (Phi) is 5.75. The fourth-order valence-electron chi connectivity index (χ4n) is 2.60. The summed E-state index contributed by atoms with van der Waals surface area (Å²) in [5, 5.41) is 4.02. The number of halogens is 1. The van der Waals surface area contributed by atoms with E-state index in [-0.39, 0.29) is 17.3 Å². The Labute approximate surface area is 148 Å². The summed E-state index contributed by atoms with van der Waals surface area (Å²) >= 11 is 8.37. The first-order valence-electron chi connectivity index (χ1n) is 6.94. The maximum Gasteiger partial charge on any atom is 0.349 e. The number of thioether (sulfide) groups is 1. The van der Waals surface area contributed by atoms with Gasteiger partial charge in [-0.15, -0.1) is 34.7 Å². The van der Waals surface area contributed by atoms with Gasteiger partial charge in [-0.3, -0.25) is 0 Å². The summed E-state index contributed by atoms with van der Waals surface area (Å²) in [6, 6.07) is 0. The molecule has 0 spiro atoms. The molecule has 1 aliphatic carbocycles. The van der Waals surface area contributed by atoms with Crippen LogP contribution in [-0.4, -0.2) is 36.9 Å². The number of alkyl halides is 1. The van der Waals surface area contributed by atoms with Crippen LogP contribution in [0.3, 0.4) is 0 Å². The topological polar surface area (TPSA) is 65.0 Å². The van der Waals surface area contributed by atoms with E-state index in [0.717, 1.165) is 21.8 Å². The third-order valence-electron chi connectivity index (χ3n) is 3.49. The van der Waals surface area contributed by atoms with E-state index in [1.807, 2.05) is 6.26 Å². The molecule has 2 rings (SSSR count). The highest BCUT2D eigenvalue weighted by Crippen LogP contribution is 2.45. The molecule has 1 heterocycles. The van der Waals surface area contributed by atoms with Gasteiger partial charge in [-0.1, -0.05) is 19.0 Å². The normalized spacial score (nSPS) is 17.7. The quantitative estimate of drug-likeness (QED) is 0.264. The van der Waals surface area contributed by atoms with Gasteiger partial charge >= 0.3 is 11.9 Å². The fourth-order valence-corrected chi connectivity index (χ4v) is 4.66. The van der Waals surface area contributed by atoms with E-state index < -0.39 is 5.97 Å². The molecule has 0 fully saturated rings. The highest BCUT2D eigenvalue weighted by atomic mass is 35.5. The molecular weight excluding hydrogens is 358 g/mol. The first-order valence-corrected chi connectivity index (χ1v) is 9.51. The number of methoxy groups -OCH3 is 1. The molecule has 0 amide bonds. The summed E-state index contributed by atoms with van der Waals surface area (Å²) < 4.78 is 5.87. The van der Waals surface area contributed by atoms with E-state index in [0.29, 0.717) is 17.0 Å². The van der Waals surface area contributed by atoms with E-state index in [1.54, 1.807) is 0 Å². The van der Waals surface area contributed by atoms with Gasteiger partial charge in [-0.25, -0.2) is 9.59 Å². The summed E-state index contributed by atoms with van der Waals surface area (Å²) in [5.41, 5.74) is 2.39. The Morgan fingerprint density at radius 1 is 1.39 bits per heavy atom. The zero-order chi connectivity index (χ0) is 17.2. The van der Waals surface area contributed by atoms with Crippen LogP contribution in [0.25, 0.3) is 0 Å². The van der Waals surface area contributed by atoms with Crippen LogP contribution >= 0.6 is 34.7 Å². The molecule has 0 radical (unpaired) electrons. The number of ether oxygens (including phenoxy) is 1. The zero-order valence-electron chi connectivity index (χ0n) is 13.4. The van der Waals surface area contributed by atoms with E-state index in [9.17, 15) is 9.59 Å². The van der Waals surface area contributed by atoms with E-state index in [2.05, 4.69) is 19.0 Å². The molecule has 0 saturated heterocycles. The molecule has 1 aliphatic rings. The van der Waals surface area contributed by atoms with Gasteiger partial charge in [0.25, 0.3) is 0 Å². The molecule has 0 aliphatic heterocycles. The highest BCUT2D eigenvalue weighted by molar-refractivity contribution is 8.00. The molecular formula is C15H18ClNO4S2. The maximum absolute atomic E-state index is 12.1. The smallest absolute Gasteiger partial charge is 0.349 e. The predicted octanol–water partition coefficient (Wildman–Crippen LogP) is 3.72. The number of thiophene rings is 1. The van der Waals surface area contributed by atoms with Gasteiger partial charge in [-0.2, -0.15) is 0 Å². The second-order valence-corrected chi connectivity index (χ2v) is 8.28. The van der Waals surface area contributed by atoms with Gasteiger partial charge in [0, 0.05) is 5.56 Å². The number of fused-ring (bicyclic) bond motifs is 1. The van der Waals surface area contributed by atoms with Gasteiger partial charge in [0.1, 0.15) is 10.8 Å². The highest BCUT2D eigenvalue weighted by Gasteiger charge is 2.37. The largest absolute Gasteiger partial charge is 0.465 e. The molecule has 0 N–H and O–H groups in total. The Hall–Kier alpha value is -1.05. The summed E-state index contributed by atoms with van der Waals surface area (Å²) in [4.78, 5) is 28.9. The Morgan fingerprint density at radius 2 is 2.09 bits per heavy atom. The van der Waals surface area contributed by atoms with Crippen molar-refractivity contribution in [3.05, 3.63) is 16.0 Å². The second kappa shape index (κ2) is 7.23. The fraction of sp³-hybridized carbons (Fsp3) is 0.533. The van der Waals surface area contributed by atoms with E-state index in [1.165, 1.54) is 30.2 Å². The van der Waals surface area contributed by atoms with Crippen molar-refractivity contribution >= 4 is 52.3 Å². The van der Waals surface area contributed by atoms with Crippen LogP contribution in [0, 0.1) is 5.41 Å². The van der Waals surface area contributed by atoms with Crippen molar-refractivity contribution in [2.45, 2.75) is 30.9 Å². The minimum Gasteiger partial charge on any atom is -0.465 e. The Balaban J connectivity index is 2.56. The van der Waals surface area contributed by atoms with Crippen LogP contribution in [0.2, 0.25) is 0 Å². The molecule has 0 saturated carbocycles. The SMILES string of the molecule is COC(=O)c1sc(SC)c2c1CC(C)(C)C/C2=N/OC(=O)CCl. The number of carbonyl (C=O) groups excluding carboxylic acids is 2. The lowest BCUT2D eigenvalue weighted by molar-refractivity contribution is -0.140. The summed E-state index contributed by atoms with van der Waals surface area (Å²) in [6.07, 6.45) is 3.34. The van der Waals surface area contributed by atoms with Crippen LogP contribution in [0.4, 0.5) is 0 Å². The predicted molar refractivity (Wildman–Crippen MR) is 92.9 cm³/mol. The van der Waals surface area contributed by atoms with E-state index >= 15 is 0 Å². The first kappa shape index (κ1) is 18.3. The molecule has 1 aromatic rings. The first-order chi connectivity index (χ1) is 10.8. The molecule has 0 atom stereocenters. The number of hydrogen-bond acceptors (Lipinski definition) is 7. The van der Waals surface area contributed by atoms with E-state index in [4.69, 9.17) is 21.2 Å². The molecule has 0 bridgehead atoms. The molecule has 0 unspecified atom stereocenters. The third-order valence-corrected chi connectivity index (χ3v) is 6.04. The van der Waals surface area contributed by atoms with Crippen molar-refractivity contribution in [3.63, 3.8) is 0 Å². The van der Waals surface area contributed by atoms with Gasteiger partial charge in [-0.05, 0) is 30.1 Å². The van der Waals surface area contributed by atoms with Gasteiger partial charge in [0.15, 0.2) is 0 Å². The minimum absolute atomic E-state index is 0.0985. The summed E-state index contributed by atoms with van der Waals surface area (Å²) in [7, 11) is 1.37. The van der Waals surface area contributed by atoms with Crippen molar-refractivity contribution in [1.82, 2.24) is 0 Å². The molecule has 0 aromatic carbocycles. The number of hydrogen-bond donors (Lipinski definition) is 0. The van der Waals surface area contributed by atoms with Gasteiger partial charge < -0.3 is 9.57 Å². The Morgan fingerprint density at radius 3 is 2.65 bits per heavy atom. The van der Waals surface area contributed by atoms with Crippen LogP contribution in [-0.2, 0) is 20.8 Å². The van der Waals surface area contributed by atoms with Crippen molar-refractivity contribution in [1.29, 1.82) is 0 Å². The minimum atomic E-state index is -0.599. The van der Waals surface area contributed by atoms with Crippen molar-refractivity contribution in [2.24, 2.45) is 10.6 Å². The molecule has 1 aromatic heterocycles. The lowest BCUT2D eigenvalue weighted by Gasteiger charge is -2.31. The van der Waals surface area contributed by atoms with Crippen molar-refractivity contribution < 1.29 is 19.2 Å². The van der Waals surface area contributed by atoms with Crippen LogP contribution in [0.5, 0.6) is 0 Å². The van der Waals surface area contributed by atoms with Crippen LogP contribution < -0.4 is 0 Å². The van der Waals surface area contributed by atoms with Crippen molar-refractivity contribution in [3.8, 4) is 0 Å². The number of oxime groups is 1. The average Bonchev–Trinajstić information content (AvgIpc) is 2.88. The maximum atomic E-state index is 12.1. The number of esters is 1. The van der Waals surface area contributed by atoms with Crippen LogP contribution in [0.15, 0.2) is 9.36 Å². The van der Waals surface area contributed by atoms with Gasteiger partial charge in [0.05, 0.1) is 17.0 Å². The van der Waals surface area contributed by atoms with Crippen molar-refractivity contribution in [2.75, 3.05) is 19.2 Å². The molecule has 23 heavy (non-hydrogen) atoms. The molecule has 126 valence electrons. The second-order valence-electron chi connectivity index (χ2n) is 5.92. The summed E-state index contributed by atoms with van der Waals surface area (Å²) in [5.74, 6) is -1.20. The summed E-state index contributed by atoms with van der Waals surface area (Å²) in [6.45, 7) is 4.18.